The summed E-state index contributed by atoms with van der Waals surface area (Å²) >= 11 is 0. The van der Waals surface area contributed by atoms with Crippen molar-refractivity contribution in [2.45, 2.75) is 25.8 Å². The van der Waals surface area contributed by atoms with Crippen LogP contribution < -0.4 is 5.32 Å². The van der Waals surface area contributed by atoms with Crippen molar-refractivity contribution >= 4 is 11.5 Å². The molecule has 3 rings (SSSR count). The van der Waals surface area contributed by atoms with E-state index in [0.29, 0.717) is 0 Å². The van der Waals surface area contributed by atoms with Crippen molar-refractivity contribution in [3.8, 4) is 0 Å². The smallest absolute Gasteiger partial charge is 0.165 e. The lowest BCUT2D eigenvalue weighted by Gasteiger charge is -2.19. The molecular weight excluding hydrogens is 278 g/mol. The van der Waals surface area contributed by atoms with E-state index in [1.54, 1.807) is 6.33 Å². The van der Waals surface area contributed by atoms with Gasteiger partial charge in [0.1, 0.15) is 18.0 Å². The Morgan fingerprint density at radius 2 is 2.05 bits per heavy atom. The van der Waals surface area contributed by atoms with Crippen LogP contribution in [0.5, 0.6) is 0 Å². The summed E-state index contributed by atoms with van der Waals surface area (Å²) in [6, 6.07) is 12.2. The van der Waals surface area contributed by atoms with Crippen molar-refractivity contribution in [2.24, 2.45) is 0 Å². The first-order valence-electron chi connectivity index (χ1n) is 7.37. The number of aryl methyl sites for hydroxylation is 1. The van der Waals surface area contributed by atoms with E-state index in [9.17, 15) is 0 Å². The SMILES string of the molecule is Cc1nnc2cc(NC(CCCO)c3ccccc3)ncn12. The van der Waals surface area contributed by atoms with E-state index in [0.717, 1.165) is 30.1 Å². The summed E-state index contributed by atoms with van der Waals surface area (Å²) in [5.41, 5.74) is 1.94. The Hall–Kier alpha value is -2.47. The van der Waals surface area contributed by atoms with E-state index in [1.807, 2.05) is 35.6 Å². The Morgan fingerprint density at radius 1 is 1.23 bits per heavy atom. The van der Waals surface area contributed by atoms with E-state index in [4.69, 9.17) is 5.11 Å². The lowest BCUT2D eigenvalue weighted by atomic mass is 10.0. The van der Waals surface area contributed by atoms with Crippen LogP contribution in [0.3, 0.4) is 0 Å². The summed E-state index contributed by atoms with van der Waals surface area (Å²) < 4.78 is 1.84. The van der Waals surface area contributed by atoms with Gasteiger partial charge in [0.05, 0.1) is 6.04 Å². The zero-order valence-electron chi connectivity index (χ0n) is 12.5. The van der Waals surface area contributed by atoms with E-state index < -0.39 is 0 Å². The van der Waals surface area contributed by atoms with Gasteiger partial charge in [-0.15, -0.1) is 10.2 Å². The second-order valence-electron chi connectivity index (χ2n) is 5.22. The van der Waals surface area contributed by atoms with Crippen molar-refractivity contribution in [2.75, 3.05) is 11.9 Å². The first-order valence-corrected chi connectivity index (χ1v) is 7.37. The molecule has 0 aliphatic rings. The zero-order valence-corrected chi connectivity index (χ0v) is 12.5. The van der Waals surface area contributed by atoms with E-state index >= 15 is 0 Å². The molecule has 1 aromatic carbocycles. The van der Waals surface area contributed by atoms with E-state index in [2.05, 4.69) is 32.6 Å². The third-order valence-corrected chi connectivity index (χ3v) is 3.65. The zero-order chi connectivity index (χ0) is 15.4. The maximum absolute atomic E-state index is 9.11. The molecule has 0 aliphatic heterocycles. The molecule has 0 saturated carbocycles. The molecule has 0 saturated heterocycles. The molecular formula is C16H19N5O. The standard InChI is InChI=1S/C16H19N5O/c1-12-19-20-16-10-15(17-11-21(12)16)18-14(8-5-9-22)13-6-3-2-4-7-13/h2-4,6-7,10-11,14,18,22H,5,8-9H2,1H3. The molecule has 6 heteroatoms. The third-order valence-electron chi connectivity index (χ3n) is 3.65. The number of rotatable bonds is 6. The summed E-state index contributed by atoms with van der Waals surface area (Å²) in [5, 5.41) is 20.7. The first kappa shape index (κ1) is 14.5. The molecule has 2 aromatic heterocycles. The third kappa shape index (κ3) is 3.07. The van der Waals surface area contributed by atoms with Gasteiger partial charge >= 0.3 is 0 Å². The van der Waals surface area contributed by atoms with Gasteiger partial charge < -0.3 is 10.4 Å². The topological polar surface area (TPSA) is 75.3 Å². The van der Waals surface area contributed by atoms with Crippen LogP contribution in [-0.2, 0) is 0 Å². The molecule has 2 heterocycles. The molecule has 0 aliphatic carbocycles. The van der Waals surface area contributed by atoms with Crippen LogP contribution in [0.25, 0.3) is 5.65 Å². The van der Waals surface area contributed by atoms with E-state index in [1.165, 1.54) is 5.56 Å². The van der Waals surface area contributed by atoms with Crippen LogP contribution in [0, 0.1) is 6.92 Å². The molecule has 3 aromatic rings. The van der Waals surface area contributed by atoms with Crippen molar-refractivity contribution in [1.29, 1.82) is 0 Å². The number of aliphatic hydroxyl groups is 1. The van der Waals surface area contributed by atoms with Crippen LogP contribution >= 0.6 is 0 Å². The van der Waals surface area contributed by atoms with Gasteiger partial charge in [0.2, 0.25) is 0 Å². The molecule has 22 heavy (non-hydrogen) atoms. The van der Waals surface area contributed by atoms with Crippen LogP contribution in [0.1, 0.15) is 30.3 Å². The molecule has 0 spiro atoms. The van der Waals surface area contributed by atoms with Gasteiger partial charge in [-0.3, -0.25) is 4.40 Å². The van der Waals surface area contributed by atoms with Gasteiger partial charge in [-0.2, -0.15) is 0 Å². The summed E-state index contributed by atoms with van der Waals surface area (Å²) in [5.74, 6) is 1.57. The van der Waals surface area contributed by atoms with Crippen LogP contribution in [0.2, 0.25) is 0 Å². The average molecular weight is 297 g/mol. The molecule has 1 unspecified atom stereocenters. The summed E-state index contributed by atoms with van der Waals surface area (Å²) in [6.45, 7) is 2.07. The monoisotopic (exact) mass is 297 g/mol. The van der Waals surface area contributed by atoms with Gasteiger partial charge in [0.15, 0.2) is 5.65 Å². The first-order chi connectivity index (χ1) is 10.8. The molecule has 0 bridgehead atoms. The predicted molar refractivity (Wildman–Crippen MR) is 84.6 cm³/mol. The summed E-state index contributed by atoms with van der Waals surface area (Å²) in [7, 11) is 0. The van der Waals surface area contributed by atoms with Crippen LogP contribution in [-0.4, -0.2) is 31.3 Å². The highest BCUT2D eigenvalue weighted by molar-refractivity contribution is 5.50. The highest BCUT2D eigenvalue weighted by atomic mass is 16.2. The van der Waals surface area contributed by atoms with E-state index in [-0.39, 0.29) is 12.6 Å². The molecule has 2 N–H and O–H groups in total. The van der Waals surface area contributed by atoms with Crippen molar-refractivity contribution in [3.05, 3.63) is 54.1 Å². The molecule has 6 nitrogen and oxygen atoms in total. The normalized spacial score (nSPS) is 12.5. The van der Waals surface area contributed by atoms with Crippen LogP contribution in [0.4, 0.5) is 5.82 Å². The minimum atomic E-state index is 0.104. The van der Waals surface area contributed by atoms with Crippen molar-refractivity contribution < 1.29 is 5.11 Å². The van der Waals surface area contributed by atoms with Gasteiger partial charge in [0, 0.05) is 12.7 Å². The van der Waals surface area contributed by atoms with Crippen molar-refractivity contribution in [3.63, 3.8) is 0 Å². The fraction of sp³-hybridized carbons (Fsp3) is 0.312. The minimum absolute atomic E-state index is 0.104. The number of hydrogen-bond acceptors (Lipinski definition) is 5. The largest absolute Gasteiger partial charge is 0.396 e. The Balaban J connectivity index is 1.84. The summed E-state index contributed by atoms with van der Waals surface area (Å²) in [6.07, 6.45) is 3.29. The van der Waals surface area contributed by atoms with Gasteiger partial charge in [-0.05, 0) is 25.3 Å². The molecule has 0 radical (unpaired) electrons. The van der Waals surface area contributed by atoms with Gasteiger partial charge in [-0.25, -0.2) is 4.98 Å². The molecule has 0 fully saturated rings. The highest BCUT2D eigenvalue weighted by Gasteiger charge is 2.12. The quantitative estimate of drug-likeness (QED) is 0.730. The number of anilines is 1. The van der Waals surface area contributed by atoms with Gasteiger partial charge in [0.25, 0.3) is 0 Å². The Morgan fingerprint density at radius 3 is 2.82 bits per heavy atom. The molecule has 114 valence electrons. The number of aliphatic hydroxyl groups excluding tert-OH is 1. The lowest BCUT2D eigenvalue weighted by molar-refractivity contribution is 0.281. The number of nitrogens with zero attached hydrogens (tertiary/aromatic N) is 4. The fourth-order valence-corrected chi connectivity index (χ4v) is 2.47. The number of fused-ring (bicyclic) bond motifs is 1. The van der Waals surface area contributed by atoms with Gasteiger partial charge in [-0.1, -0.05) is 30.3 Å². The van der Waals surface area contributed by atoms with Crippen LogP contribution in [0.15, 0.2) is 42.7 Å². The molecule has 0 amide bonds. The predicted octanol–water partition coefficient (Wildman–Crippen LogP) is 2.36. The van der Waals surface area contributed by atoms with Crippen molar-refractivity contribution in [1.82, 2.24) is 19.6 Å². The number of benzene rings is 1. The number of aromatic nitrogens is 4. The average Bonchev–Trinajstić information content (AvgIpc) is 2.93. The highest BCUT2D eigenvalue weighted by Crippen LogP contribution is 2.23. The second-order valence-corrected chi connectivity index (χ2v) is 5.22. The minimum Gasteiger partial charge on any atom is -0.396 e. The summed E-state index contributed by atoms with van der Waals surface area (Å²) in [4.78, 5) is 4.42. The number of nitrogens with one attached hydrogen (secondary N) is 1. The fourth-order valence-electron chi connectivity index (χ4n) is 2.47. The molecule has 1 atom stereocenters. The maximum atomic E-state index is 9.11. The number of hydrogen-bond donors (Lipinski definition) is 2. The second kappa shape index (κ2) is 6.53. The Bertz CT molecular complexity index is 741. The maximum Gasteiger partial charge on any atom is 0.165 e. The Kier molecular flexibility index (Phi) is 4.29. The Labute approximate surface area is 128 Å². The lowest BCUT2D eigenvalue weighted by Crippen LogP contribution is -2.12.